The fraction of sp³-hybridized carbons (Fsp3) is 0.400. The lowest BCUT2D eigenvalue weighted by molar-refractivity contribution is -0.130. The topological polar surface area (TPSA) is 60.9 Å². The Morgan fingerprint density at radius 2 is 1.17 bits per heavy atom. The summed E-state index contributed by atoms with van der Waals surface area (Å²) < 4.78 is 0. The van der Waals surface area contributed by atoms with Gasteiger partial charge in [-0.2, -0.15) is 0 Å². The van der Waals surface area contributed by atoms with E-state index in [0.717, 1.165) is 50.4 Å². The van der Waals surface area contributed by atoms with E-state index in [0.29, 0.717) is 24.2 Å². The van der Waals surface area contributed by atoms with E-state index in [-0.39, 0.29) is 35.2 Å². The lowest BCUT2D eigenvalue weighted by Gasteiger charge is -2.44. The number of Topliss-reactive ketones (excluding diaryl/α,β-unsaturated/α-hetero) is 2. The zero-order valence-electron chi connectivity index (χ0n) is 24.5. The molecule has 3 aromatic rings. The van der Waals surface area contributed by atoms with E-state index in [4.69, 9.17) is 0 Å². The maximum absolute atomic E-state index is 14.2. The fourth-order valence-electron chi connectivity index (χ4n) is 6.58. The van der Waals surface area contributed by atoms with E-state index < -0.39 is 0 Å². The summed E-state index contributed by atoms with van der Waals surface area (Å²) in [5, 5.41) is 0. The normalized spacial score (nSPS) is 21.9. The molecule has 0 aromatic heterocycles. The molecule has 2 fully saturated rings. The monoisotopic (exact) mass is 551 g/mol. The number of likely N-dealkylation sites (tertiary alicyclic amines) is 1. The van der Waals surface area contributed by atoms with Crippen LogP contribution in [0.4, 0.5) is 0 Å². The lowest BCUT2D eigenvalue weighted by Crippen LogP contribution is -2.53. The number of hydrogen-bond acceptors (Lipinski definition) is 5. The van der Waals surface area contributed by atoms with Crippen LogP contribution in [-0.2, 0) is 4.79 Å². The minimum absolute atomic E-state index is 0.0992. The molecule has 0 aliphatic carbocycles. The predicted octanol–water partition coefficient (Wildman–Crippen LogP) is 4.86. The molecule has 6 heteroatoms. The lowest BCUT2D eigenvalue weighted by atomic mass is 9.67. The number of piperazine rings is 1. The van der Waals surface area contributed by atoms with E-state index >= 15 is 0 Å². The number of ketones is 2. The molecule has 2 aliphatic heterocycles. The van der Waals surface area contributed by atoms with Crippen molar-refractivity contribution >= 4 is 17.5 Å². The number of benzene rings is 3. The Morgan fingerprint density at radius 1 is 0.659 bits per heavy atom. The first-order valence-electron chi connectivity index (χ1n) is 14.8. The van der Waals surface area contributed by atoms with Gasteiger partial charge in [-0.05, 0) is 30.5 Å². The Labute approximate surface area is 244 Å². The molecule has 2 heterocycles. The average molecular weight is 552 g/mol. The molecular weight excluding hydrogens is 510 g/mol. The number of hydrogen-bond donors (Lipinski definition) is 0. The maximum Gasteiger partial charge on any atom is 0.219 e. The molecule has 2 aliphatic rings. The van der Waals surface area contributed by atoms with Crippen LogP contribution in [0.15, 0.2) is 78.9 Å². The van der Waals surface area contributed by atoms with Gasteiger partial charge in [-0.15, -0.1) is 0 Å². The van der Waals surface area contributed by atoms with E-state index in [1.165, 1.54) is 5.56 Å². The van der Waals surface area contributed by atoms with Gasteiger partial charge < -0.3 is 9.80 Å². The number of piperidine rings is 1. The first-order valence-corrected chi connectivity index (χ1v) is 14.8. The highest BCUT2D eigenvalue weighted by molar-refractivity contribution is 6.02. The third-order valence-corrected chi connectivity index (χ3v) is 9.12. The zero-order chi connectivity index (χ0) is 28.9. The van der Waals surface area contributed by atoms with Crippen molar-refractivity contribution in [1.82, 2.24) is 14.7 Å². The second-order valence-corrected chi connectivity index (χ2v) is 11.6. The third-order valence-electron chi connectivity index (χ3n) is 9.12. The molecule has 1 amide bonds. The molecule has 0 spiro atoms. The Morgan fingerprint density at radius 3 is 1.68 bits per heavy atom. The summed E-state index contributed by atoms with van der Waals surface area (Å²) >= 11 is 0. The first kappa shape index (κ1) is 28.9. The number of amides is 1. The van der Waals surface area contributed by atoms with E-state index in [1.807, 2.05) is 65.6 Å². The number of rotatable bonds is 8. The van der Waals surface area contributed by atoms with Crippen molar-refractivity contribution in [3.05, 3.63) is 107 Å². The molecule has 2 saturated heterocycles. The highest BCUT2D eigenvalue weighted by Gasteiger charge is 2.45. The van der Waals surface area contributed by atoms with Crippen LogP contribution in [0.5, 0.6) is 0 Å². The molecule has 3 aromatic carbocycles. The van der Waals surface area contributed by atoms with Crippen molar-refractivity contribution in [3.8, 4) is 0 Å². The summed E-state index contributed by atoms with van der Waals surface area (Å²) in [7, 11) is 0. The number of carbonyl (C=O) groups excluding carboxylic acids is 3. The van der Waals surface area contributed by atoms with Crippen molar-refractivity contribution < 1.29 is 14.4 Å². The minimum Gasteiger partial charge on any atom is -0.340 e. The van der Waals surface area contributed by atoms with Gasteiger partial charge >= 0.3 is 0 Å². The van der Waals surface area contributed by atoms with Gasteiger partial charge in [0.1, 0.15) is 0 Å². The summed E-state index contributed by atoms with van der Waals surface area (Å²) in [5.74, 6) is -0.588. The highest BCUT2D eigenvalue weighted by atomic mass is 16.2. The summed E-state index contributed by atoms with van der Waals surface area (Å²) in [4.78, 5) is 46.9. The third kappa shape index (κ3) is 6.50. The van der Waals surface area contributed by atoms with Crippen LogP contribution in [-0.4, -0.2) is 84.5 Å². The Bertz CT molecular complexity index is 1300. The Hall–Kier alpha value is -3.61. The van der Waals surface area contributed by atoms with E-state index in [1.54, 1.807) is 6.92 Å². The van der Waals surface area contributed by atoms with Crippen molar-refractivity contribution in [3.63, 3.8) is 0 Å². The summed E-state index contributed by atoms with van der Waals surface area (Å²) in [6.07, 6.45) is 0. The summed E-state index contributed by atoms with van der Waals surface area (Å²) in [6, 6.07) is 25.3. The minimum atomic E-state index is -0.348. The van der Waals surface area contributed by atoms with Crippen LogP contribution in [0.2, 0.25) is 0 Å². The van der Waals surface area contributed by atoms with Gasteiger partial charge in [-0.3, -0.25) is 19.3 Å². The van der Waals surface area contributed by atoms with Crippen LogP contribution >= 0.6 is 0 Å². The van der Waals surface area contributed by atoms with E-state index in [9.17, 15) is 14.4 Å². The van der Waals surface area contributed by atoms with Crippen molar-refractivity contribution in [2.24, 2.45) is 11.8 Å². The zero-order valence-corrected chi connectivity index (χ0v) is 24.5. The molecule has 0 N–H and O–H groups in total. The smallest absolute Gasteiger partial charge is 0.219 e. The van der Waals surface area contributed by atoms with Gasteiger partial charge in [0.15, 0.2) is 11.6 Å². The van der Waals surface area contributed by atoms with Crippen molar-refractivity contribution in [2.45, 2.75) is 26.7 Å². The molecule has 0 radical (unpaired) electrons. The van der Waals surface area contributed by atoms with Gasteiger partial charge in [0, 0.05) is 88.2 Å². The highest BCUT2D eigenvalue weighted by Crippen LogP contribution is 2.42. The Kier molecular flexibility index (Phi) is 9.11. The number of nitrogens with zero attached hydrogens (tertiary/aromatic N) is 3. The largest absolute Gasteiger partial charge is 0.340 e. The van der Waals surface area contributed by atoms with Gasteiger partial charge in [-0.1, -0.05) is 78.9 Å². The van der Waals surface area contributed by atoms with E-state index in [2.05, 4.69) is 41.8 Å². The van der Waals surface area contributed by atoms with Crippen molar-refractivity contribution in [1.29, 1.82) is 0 Å². The molecule has 0 bridgehead atoms. The molecular formula is C35H41N3O3. The summed E-state index contributed by atoms with van der Waals surface area (Å²) in [5.41, 5.74) is 4.83. The average Bonchev–Trinajstić information content (AvgIpc) is 3.01. The van der Waals surface area contributed by atoms with Crippen LogP contribution in [0.1, 0.15) is 50.2 Å². The standard InChI is InChI=1S/C35H41N3O3/c1-25-11-10-16-30(26(25)2)33-31(34(40)28-12-6-4-7-13-28)23-37(18-17-36-19-21-38(22-20-36)27(3)39)24-32(33)35(41)29-14-8-5-9-15-29/h4-16,31-33H,17-24H2,1-3H3/t31-,32+,33?. The molecule has 1 unspecified atom stereocenters. The second kappa shape index (κ2) is 12.9. The molecule has 5 rings (SSSR count). The first-order chi connectivity index (χ1) is 19.8. The van der Waals surface area contributed by atoms with Crippen LogP contribution in [0.3, 0.4) is 0 Å². The van der Waals surface area contributed by atoms with Gasteiger partial charge in [0.25, 0.3) is 0 Å². The van der Waals surface area contributed by atoms with Gasteiger partial charge in [0.2, 0.25) is 5.91 Å². The SMILES string of the molecule is CC(=O)N1CCN(CCN2C[C@H](C(=O)c3ccccc3)C(c3cccc(C)c3C)[C@H](C(=O)c3ccccc3)C2)CC1. The number of carbonyl (C=O) groups is 3. The second-order valence-electron chi connectivity index (χ2n) is 11.6. The maximum atomic E-state index is 14.2. The van der Waals surface area contributed by atoms with Crippen LogP contribution < -0.4 is 0 Å². The predicted molar refractivity (Wildman–Crippen MR) is 162 cm³/mol. The van der Waals surface area contributed by atoms with Crippen LogP contribution in [0.25, 0.3) is 0 Å². The van der Waals surface area contributed by atoms with Crippen molar-refractivity contribution in [2.75, 3.05) is 52.4 Å². The van der Waals surface area contributed by atoms with Gasteiger partial charge in [0.05, 0.1) is 0 Å². The molecule has 3 atom stereocenters. The summed E-state index contributed by atoms with van der Waals surface area (Å²) in [6.45, 7) is 11.9. The van der Waals surface area contributed by atoms with Crippen LogP contribution in [0, 0.1) is 25.7 Å². The quantitative estimate of drug-likeness (QED) is 0.374. The number of aryl methyl sites for hydroxylation is 1. The molecule has 6 nitrogen and oxygen atoms in total. The van der Waals surface area contributed by atoms with Gasteiger partial charge in [-0.25, -0.2) is 0 Å². The Balaban J connectivity index is 1.48. The fourth-order valence-corrected chi connectivity index (χ4v) is 6.58. The molecule has 214 valence electrons. The molecule has 41 heavy (non-hydrogen) atoms. The molecule has 0 saturated carbocycles.